The number of anilines is 1. The number of carbonyl (C=O) groups is 2. The quantitative estimate of drug-likeness (QED) is 0.829. The summed E-state index contributed by atoms with van der Waals surface area (Å²) in [7, 11) is 0. The first-order chi connectivity index (χ1) is 13.6. The Bertz CT molecular complexity index is 876. The Balaban J connectivity index is 1.48. The zero-order valence-corrected chi connectivity index (χ0v) is 16.5. The molecule has 1 aliphatic carbocycles. The second-order valence-corrected chi connectivity index (χ2v) is 8.12. The highest BCUT2D eigenvalue weighted by Crippen LogP contribution is 2.41. The van der Waals surface area contributed by atoms with E-state index in [-0.39, 0.29) is 11.8 Å². The summed E-state index contributed by atoms with van der Waals surface area (Å²) in [5.41, 5.74) is 2.25. The van der Waals surface area contributed by atoms with Gasteiger partial charge in [0.05, 0.1) is 17.3 Å². The highest BCUT2D eigenvalue weighted by atomic mass is 35.5. The van der Waals surface area contributed by atoms with Crippen LogP contribution < -0.4 is 10.2 Å². The molecule has 0 atom stereocenters. The van der Waals surface area contributed by atoms with E-state index in [1.165, 1.54) is 0 Å². The lowest BCUT2D eigenvalue weighted by molar-refractivity contribution is -0.126. The fourth-order valence-electron chi connectivity index (χ4n) is 4.39. The SMILES string of the molecule is O=C1CCCN1c1cncc(CNC(=O)C2(c3ccc(Cl)cc3)CCCC2)c1. The first-order valence-electron chi connectivity index (χ1n) is 9.87. The van der Waals surface area contributed by atoms with Crippen LogP contribution in [0.2, 0.25) is 5.02 Å². The molecule has 2 aromatic rings. The first-order valence-corrected chi connectivity index (χ1v) is 10.2. The summed E-state index contributed by atoms with van der Waals surface area (Å²) in [6, 6.07) is 9.58. The van der Waals surface area contributed by atoms with Crippen molar-refractivity contribution in [3.8, 4) is 0 Å². The number of pyridine rings is 1. The summed E-state index contributed by atoms with van der Waals surface area (Å²) in [6.45, 7) is 1.13. The van der Waals surface area contributed by atoms with E-state index in [9.17, 15) is 9.59 Å². The van der Waals surface area contributed by atoms with Crippen molar-refractivity contribution >= 4 is 29.1 Å². The van der Waals surface area contributed by atoms with Crippen molar-refractivity contribution in [2.45, 2.75) is 50.5 Å². The van der Waals surface area contributed by atoms with E-state index in [1.807, 2.05) is 30.3 Å². The van der Waals surface area contributed by atoms with Crippen LogP contribution in [-0.2, 0) is 21.5 Å². The first kappa shape index (κ1) is 18.9. The van der Waals surface area contributed by atoms with Crippen molar-refractivity contribution in [1.29, 1.82) is 0 Å². The maximum absolute atomic E-state index is 13.2. The Kier molecular flexibility index (Phi) is 5.36. The van der Waals surface area contributed by atoms with Gasteiger partial charge >= 0.3 is 0 Å². The van der Waals surface area contributed by atoms with Crippen molar-refractivity contribution in [2.75, 3.05) is 11.4 Å². The lowest BCUT2D eigenvalue weighted by Crippen LogP contribution is -2.42. The van der Waals surface area contributed by atoms with Crippen LogP contribution in [0.5, 0.6) is 0 Å². The second kappa shape index (κ2) is 7.92. The van der Waals surface area contributed by atoms with Gasteiger partial charge in [0.1, 0.15) is 0 Å². The Morgan fingerprint density at radius 3 is 2.57 bits per heavy atom. The molecule has 0 bridgehead atoms. The van der Waals surface area contributed by atoms with Gasteiger partial charge in [0, 0.05) is 30.7 Å². The van der Waals surface area contributed by atoms with E-state index in [4.69, 9.17) is 11.6 Å². The zero-order valence-electron chi connectivity index (χ0n) is 15.8. The predicted molar refractivity (Wildman–Crippen MR) is 109 cm³/mol. The molecule has 2 aliphatic rings. The van der Waals surface area contributed by atoms with Crippen LogP contribution >= 0.6 is 11.6 Å². The van der Waals surface area contributed by atoms with Crippen LogP contribution in [0.25, 0.3) is 0 Å². The summed E-state index contributed by atoms with van der Waals surface area (Å²) in [5.74, 6) is 0.186. The van der Waals surface area contributed by atoms with Gasteiger partial charge in [-0.15, -0.1) is 0 Å². The highest BCUT2D eigenvalue weighted by Gasteiger charge is 2.42. The fraction of sp³-hybridized carbons (Fsp3) is 0.409. The van der Waals surface area contributed by atoms with E-state index in [0.29, 0.717) is 18.0 Å². The standard InChI is InChI=1S/C22H24ClN3O2/c23-18-7-5-17(6-8-18)22(9-1-2-10-22)21(28)25-14-16-12-19(15-24-13-16)26-11-3-4-20(26)27/h5-8,12-13,15H,1-4,9-11,14H2,(H,25,28). The maximum Gasteiger partial charge on any atom is 0.230 e. The lowest BCUT2D eigenvalue weighted by atomic mass is 9.78. The van der Waals surface area contributed by atoms with Gasteiger partial charge in [-0.2, -0.15) is 0 Å². The Morgan fingerprint density at radius 2 is 1.89 bits per heavy atom. The minimum Gasteiger partial charge on any atom is -0.351 e. The number of carbonyl (C=O) groups excluding carboxylic acids is 2. The molecule has 0 unspecified atom stereocenters. The number of aromatic nitrogens is 1. The Labute approximate surface area is 170 Å². The lowest BCUT2D eigenvalue weighted by Gasteiger charge is -2.28. The van der Waals surface area contributed by atoms with Gasteiger partial charge in [0.2, 0.25) is 11.8 Å². The van der Waals surface area contributed by atoms with E-state index in [0.717, 1.165) is 55.5 Å². The van der Waals surface area contributed by atoms with Gasteiger partial charge in [-0.3, -0.25) is 14.6 Å². The Morgan fingerprint density at radius 1 is 1.14 bits per heavy atom. The third-order valence-corrected chi connectivity index (χ3v) is 6.16. The summed E-state index contributed by atoms with van der Waals surface area (Å²) in [6.07, 6.45) is 8.71. The Hall–Kier alpha value is -2.40. The smallest absolute Gasteiger partial charge is 0.230 e. The molecular formula is C22H24ClN3O2. The molecule has 1 aliphatic heterocycles. The maximum atomic E-state index is 13.2. The van der Waals surface area contributed by atoms with Gasteiger partial charge in [-0.25, -0.2) is 0 Å². The summed E-state index contributed by atoms with van der Waals surface area (Å²) in [5, 5.41) is 3.79. The zero-order chi connectivity index (χ0) is 19.6. The molecule has 2 fully saturated rings. The minimum atomic E-state index is -0.486. The number of nitrogens with one attached hydrogen (secondary N) is 1. The van der Waals surface area contributed by atoms with Crippen molar-refractivity contribution in [3.63, 3.8) is 0 Å². The molecule has 1 saturated heterocycles. The third kappa shape index (κ3) is 3.63. The van der Waals surface area contributed by atoms with Crippen LogP contribution in [0, 0.1) is 0 Å². The average molecular weight is 398 g/mol. The molecule has 4 rings (SSSR count). The summed E-state index contributed by atoms with van der Waals surface area (Å²) < 4.78 is 0. The van der Waals surface area contributed by atoms with Gasteiger partial charge in [0.25, 0.3) is 0 Å². The number of nitrogens with zero attached hydrogens (tertiary/aromatic N) is 2. The molecule has 1 saturated carbocycles. The van der Waals surface area contributed by atoms with Crippen LogP contribution in [0.15, 0.2) is 42.7 Å². The minimum absolute atomic E-state index is 0.0509. The number of rotatable bonds is 5. The molecule has 1 aromatic carbocycles. The van der Waals surface area contributed by atoms with Crippen LogP contribution in [0.1, 0.15) is 49.7 Å². The molecule has 0 spiro atoms. The van der Waals surface area contributed by atoms with Gasteiger partial charge in [-0.1, -0.05) is 36.6 Å². The van der Waals surface area contributed by atoms with Crippen LogP contribution in [0.4, 0.5) is 5.69 Å². The molecule has 1 N–H and O–H groups in total. The fourth-order valence-corrected chi connectivity index (χ4v) is 4.51. The molecule has 0 radical (unpaired) electrons. The monoisotopic (exact) mass is 397 g/mol. The average Bonchev–Trinajstić information content (AvgIpc) is 3.37. The predicted octanol–water partition coefficient (Wildman–Crippen LogP) is 3.99. The summed E-state index contributed by atoms with van der Waals surface area (Å²) >= 11 is 6.03. The molecule has 28 heavy (non-hydrogen) atoms. The normalized spacial score (nSPS) is 18.5. The highest BCUT2D eigenvalue weighted by molar-refractivity contribution is 6.30. The second-order valence-electron chi connectivity index (χ2n) is 7.68. The van der Waals surface area contributed by atoms with Crippen molar-refractivity contribution in [2.24, 2.45) is 0 Å². The van der Waals surface area contributed by atoms with E-state index < -0.39 is 5.41 Å². The third-order valence-electron chi connectivity index (χ3n) is 5.91. The van der Waals surface area contributed by atoms with Crippen molar-refractivity contribution in [1.82, 2.24) is 10.3 Å². The molecule has 146 valence electrons. The molecule has 1 aromatic heterocycles. The number of hydrogen-bond acceptors (Lipinski definition) is 3. The molecule has 2 amide bonds. The largest absolute Gasteiger partial charge is 0.351 e. The molecule has 6 heteroatoms. The van der Waals surface area contributed by atoms with Gasteiger partial charge in [-0.05, 0) is 48.6 Å². The van der Waals surface area contributed by atoms with E-state index >= 15 is 0 Å². The topological polar surface area (TPSA) is 62.3 Å². The number of halogens is 1. The van der Waals surface area contributed by atoms with Crippen LogP contribution in [0.3, 0.4) is 0 Å². The van der Waals surface area contributed by atoms with Crippen molar-refractivity contribution in [3.05, 3.63) is 58.9 Å². The van der Waals surface area contributed by atoms with E-state index in [2.05, 4.69) is 10.3 Å². The number of benzene rings is 1. The molecule has 2 heterocycles. The molecular weight excluding hydrogens is 374 g/mol. The van der Waals surface area contributed by atoms with E-state index in [1.54, 1.807) is 17.3 Å². The molecule has 5 nitrogen and oxygen atoms in total. The number of hydrogen-bond donors (Lipinski definition) is 1. The number of amides is 2. The van der Waals surface area contributed by atoms with Gasteiger partial charge in [0.15, 0.2) is 0 Å². The van der Waals surface area contributed by atoms with Crippen LogP contribution in [-0.4, -0.2) is 23.3 Å². The van der Waals surface area contributed by atoms with Gasteiger partial charge < -0.3 is 10.2 Å². The summed E-state index contributed by atoms with van der Waals surface area (Å²) in [4.78, 5) is 31.2. The van der Waals surface area contributed by atoms with Crippen molar-refractivity contribution < 1.29 is 9.59 Å².